The predicted molar refractivity (Wildman–Crippen MR) is 149 cm³/mol. The second kappa shape index (κ2) is 10.2. The molecule has 0 spiro atoms. The van der Waals surface area contributed by atoms with E-state index < -0.39 is 8.32 Å². The molecule has 1 unspecified atom stereocenters. The van der Waals surface area contributed by atoms with Crippen molar-refractivity contribution >= 4 is 30.5 Å². The molecule has 3 atom stereocenters. The molecule has 0 saturated heterocycles. The molecule has 176 valence electrons. The molecule has 0 radical (unpaired) electrons. The lowest BCUT2D eigenvalue weighted by molar-refractivity contribution is 0.273. The van der Waals surface area contributed by atoms with E-state index in [0.717, 1.165) is 24.3 Å². The van der Waals surface area contributed by atoms with Gasteiger partial charge in [0.25, 0.3) is 8.32 Å². The largest absolute Gasteiger partial charge is 0.407 e. The van der Waals surface area contributed by atoms with Crippen molar-refractivity contribution in [3.8, 4) is 0 Å². The summed E-state index contributed by atoms with van der Waals surface area (Å²) in [6.07, 6.45) is 5.10. The highest BCUT2D eigenvalue weighted by atomic mass is 28.4. The normalized spacial score (nSPS) is 18.7. The summed E-state index contributed by atoms with van der Waals surface area (Å²) in [5.41, 5.74) is 2.23. The Bertz CT molecular complexity index is 1060. The van der Waals surface area contributed by atoms with Crippen molar-refractivity contribution in [2.24, 2.45) is 11.8 Å². The quantitative estimate of drug-likeness (QED) is 0.271. The average Bonchev–Trinajstić information content (AvgIpc) is 3.63. The fourth-order valence-corrected chi connectivity index (χ4v) is 9.84. The molecule has 1 aliphatic rings. The highest BCUT2D eigenvalue weighted by Gasteiger charge is 2.52. The monoisotopic (exact) mass is 467 g/mol. The molecule has 1 aliphatic carbocycles. The second-order valence-corrected chi connectivity index (χ2v) is 14.6. The number of para-hydroxylation sites is 1. The van der Waals surface area contributed by atoms with Crippen molar-refractivity contribution < 1.29 is 4.43 Å². The summed E-state index contributed by atoms with van der Waals surface area (Å²) < 4.78 is 7.17. The Labute approximate surface area is 206 Å². The molecule has 1 fully saturated rings. The van der Waals surface area contributed by atoms with Crippen LogP contribution >= 0.6 is 0 Å². The number of anilines is 1. The maximum atomic E-state index is 7.17. The summed E-state index contributed by atoms with van der Waals surface area (Å²) in [5.74, 6) is 1.04. The topological polar surface area (TPSA) is 21.3 Å². The van der Waals surface area contributed by atoms with E-state index in [2.05, 4.69) is 118 Å². The molecule has 2 nitrogen and oxygen atoms in total. The lowest BCUT2D eigenvalue weighted by atomic mass is 10.1. The first-order valence-corrected chi connectivity index (χ1v) is 14.2. The van der Waals surface area contributed by atoms with Gasteiger partial charge >= 0.3 is 0 Å². The molecule has 0 amide bonds. The lowest BCUT2D eigenvalue weighted by Gasteiger charge is -2.43. The van der Waals surface area contributed by atoms with Gasteiger partial charge in [0.2, 0.25) is 0 Å². The zero-order chi connectivity index (χ0) is 24.2. The minimum Gasteiger partial charge on any atom is -0.407 e. The number of benzene rings is 3. The highest BCUT2D eigenvalue weighted by molar-refractivity contribution is 6.99. The smallest absolute Gasteiger partial charge is 0.261 e. The summed E-state index contributed by atoms with van der Waals surface area (Å²) in [5, 5.41) is 6.37. The average molecular weight is 468 g/mol. The minimum atomic E-state index is -2.50. The van der Waals surface area contributed by atoms with Crippen LogP contribution in [0.5, 0.6) is 0 Å². The van der Waals surface area contributed by atoms with Crippen LogP contribution in [0.25, 0.3) is 6.08 Å². The van der Waals surface area contributed by atoms with E-state index in [1.54, 1.807) is 0 Å². The van der Waals surface area contributed by atoms with Gasteiger partial charge < -0.3 is 9.74 Å². The standard InChI is InChI=1S/C31H37NOSi/c1-6-24-16-14-15-21-30(24)32-29(7-2)28-22-25(28)23-33-34(31(3,4)5,26-17-10-8-11-18-26)27-19-12-9-13-20-27/h6-21,25,28-29,32H,1-2,22-23H2,3-5H3/t25-,28+,29?/m0/s1. The van der Waals surface area contributed by atoms with Crippen molar-refractivity contribution in [2.75, 3.05) is 11.9 Å². The zero-order valence-corrected chi connectivity index (χ0v) is 21.7. The number of hydrogen-bond donors (Lipinski definition) is 1. The molecule has 34 heavy (non-hydrogen) atoms. The Morgan fingerprint density at radius 2 is 1.47 bits per heavy atom. The molecule has 0 bridgehead atoms. The van der Waals surface area contributed by atoms with E-state index in [1.165, 1.54) is 10.4 Å². The molecule has 3 aromatic rings. The van der Waals surface area contributed by atoms with Crippen LogP contribution < -0.4 is 15.7 Å². The van der Waals surface area contributed by atoms with Crippen molar-refractivity contribution in [1.82, 2.24) is 0 Å². The van der Waals surface area contributed by atoms with Crippen LogP contribution in [0.2, 0.25) is 5.04 Å². The van der Waals surface area contributed by atoms with Gasteiger partial charge in [-0.15, -0.1) is 6.58 Å². The molecular formula is C31H37NOSi. The summed E-state index contributed by atoms with van der Waals surface area (Å²) in [6.45, 7) is 15.9. The van der Waals surface area contributed by atoms with Crippen LogP contribution in [0, 0.1) is 11.8 Å². The summed E-state index contributed by atoms with van der Waals surface area (Å²) in [4.78, 5) is 0. The highest BCUT2D eigenvalue weighted by Crippen LogP contribution is 2.45. The Kier molecular flexibility index (Phi) is 7.25. The second-order valence-electron chi connectivity index (χ2n) is 10.3. The molecule has 0 aromatic heterocycles. The van der Waals surface area contributed by atoms with Crippen LogP contribution in [0.4, 0.5) is 5.69 Å². The van der Waals surface area contributed by atoms with E-state index in [-0.39, 0.29) is 11.1 Å². The third kappa shape index (κ3) is 4.82. The summed E-state index contributed by atoms with van der Waals surface area (Å²) in [6, 6.07) is 30.3. The van der Waals surface area contributed by atoms with Gasteiger partial charge in [-0.2, -0.15) is 0 Å². The maximum absolute atomic E-state index is 7.17. The van der Waals surface area contributed by atoms with Crippen molar-refractivity contribution in [1.29, 1.82) is 0 Å². The minimum absolute atomic E-state index is 0.000910. The van der Waals surface area contributed by atoms with Crippen molar-refractivity contribution in [2.45, 2.75) is 38.3 Å². The van der Waals surface area contributed by atoms with Crippen LogP contribution in [-0.4, -0.2) is 21.0 Å². The molecule has 0 heterocycles. The summed E-state index contributed by atoms with van der Waals surface area (Å²) >= 11 is 0. The Balaban J connectivity index is 1.56. The van der Waals surface area contributed by atoms with Gasteiger partial charge in [-0.3, -0.25) is 0 Å². The zero-order valence-electron chi connectivity index (χ0n) is 20.7. The van der Waals surface area contributed by atoms with Crippen LogP contribution in [0.15, 0.2) is 104 Å². The van der Waals surface area contributed by atoms with E-state index in [1.807, 2.05) is 18.2 Å². The molecule has 0 aliphatic heterocycles. The van der Waals surface area contributed by atoms with Gasteiger partial charge in [0, 0.05) is 18.3 Å². The fourth-order valence-electron chi connectivity index (χ4n) is 5.22. The molecule has 4 rings (SSSR count). The van der Waals surface area contributed by atoms with E-state index in [4.69, 9.17) is 4.43 Å². The predicted octanol–water partition coefficient (Wildman–Crippen LogP) is 6.51. The van der Waals surface area contributed by atoms with Gasteiger partial charge in [-0.05, 0) is 45.3 Å². The SMILES string of the molecule is C=Cc1ccccc1NC(C=C)[C@@H]1C[C@H]1CO[Si](c1ccccc1)(c1ccccc1)C(C)(C)C. The van der Waals surface area contributed by atoms with Crippen LogP contribution in [0.1, 0.15) is 32.8 Å². The first kappa shape index (κ1) is 24.2. The van der Waals surface area contributed by atoms with Crippen molar-refractivity contribution in [3.63, 3.8) is 0 Å². The molecule has 3 heteroatoms. The molecule has 1 saturated carbocycles. The lowest BCUT2D eigenvalue weighted by Crippen LogP contribution is -2.66. The van der Waals surface area contributed by atoms with Gasteiger partial charge in [-0.25, -0.2) is 0 Å². The van der Waals surface area contributed by atoms with Gasteiger partial charge in [-0.1, -0.05) is 118 Å². The third-order valence-corrected chi connectivity index (χ3v) is 12.1. The third-order valence-electron chi connectivity index (χ3n) is 7.13. The Hall–Kier alpha value is -2.88. The van der Waals surface area contributed by atoms with E-state index >= 15 is 0 Å². The van der Waals surface area contributed by atoms with Gasteiger partial charge in [0.1, 0.15) is 0 Å². The van der Waals surface area contributed by atoms with Crippen molar-refractivity contribution in [3.05, 3.63) is 110 Å². The first-order chi connectivity index (χ1) is 16.4. The number of hydrogen-bond acceptors (Lipinski definition) is 2. The summed E-state index contributed by atoms with van der Waals surface area (Å²) in [7, 11) is -2.50. The number of rotatable bonds is 10. The maximum Gasteiger partial charge on any atom is 0.261 e. The Morgan fingerprint density at radius 3 is 2.00 bits per heavy atom. The molecule has 1 N–H and O–H groups in total. The van der Waals surface area contributed by atoms with E-state index in [9.17, 15) is 0 Å². The van der Waals surface area contributed by atoms with Gasteiger partial charge in [0.05, 0.1) is 0 Å². The molecule has 3 aromatic carbocycles. The molecular weight excluding hydrogens is 430 g/mol. The number of nitrogens with one attached hydrogen (secondary N) is 1. The first-order valence-electron chi connectivity index (χ1n) is 12.3. The van der Waals surface area contributed by atoms with Gasteiger partial charge in [0.15, 0.2) is 0 Å². The fraction of sp³-hybridized carbons (Fsp3) is 0.290. The van der Waals surface area contributed by atoms with E-state index in [0.29, 0.717) is 11.8 Å². The van der Waals surface area contributed by atoms with Crippen LogP contribution in [0.3, 0.4) is 0 Å². The van der Waals surface area contributed by atoms with Crippen LogP contribution in [-0.2, 0) is 4.43 Å². The Morgan fingerprint density at radius 1 is 0.912 bits per heavy atom.